The number of aromatic amines is 1. The molecule has 3 rings (SSSR count). The zero-order chi connectivity index (χ0) is 13.4. The Labute approximate surface area is 113 Å². The van der Waals surface area contributed by atoms with E-state index >= 15 is 0 Å². The second kappa shape index (κ2) is 4.96. The summed E-state index contributed by atoms with van der Waals surface area (Å²) in [5.41, 5.74) is 2.12. The third-order valence-corrected chi connectivity index (χ3v) is 4.84. The minimum atomic E-state index is -0.140. The van der Waals surface area contributed by atoms with Gasteiger partial charge < -0.3 is 10.3 Å². The van der Waals surface area contributed by atoms with E-state index in [1.165, 1.54) is 6.42 Å². The van der Waals surface area contributed by atoms with Crippen molar-refractivity contribution in [2.24, 2.45) is 11.8 Å². The zero-order valence-corrected chi connectivity index (χ0v) is 11.6. The Morgan fingerprint density at radius 1 is 1.42 bits per heavy atom. The first-order valence-electron chi connectivity index (χ1n) is 7.20. The zero-order valence-electron chi connectivity index (χ0n) is 11.6. The largest absolute Gasteiger partial charge is 0.352 e. The molecule has 1 fully saturated rings. The first kappa shape index (κ1) is 12.7. The average molecular weight is 262 g/mol. The van der Waals surface area contributed by atoms with Crippen LogP contribution in [0.3, 0.4) is 0 Å². The molecule has 0 bridgehead atoms. The summed E-state index contributed by atoms with van der Waals surface area (Å²) in [6.45, 7) is 5.21. The Balaban J connectivity index is 1.60. The highest BCUT2D eigenvalue weighted by Crippen LogP contribution is 2.31. The minimum absolute atomic E-state index is 0.125. The lowest BCUT2D eigenvalue weighted by Crippen LogP contribution is -2.51. The highest BCUT2D eigenvalue weighted by molar-refractivity contribution is 5.82. The minimum Gasteiger partial charge on any atom is -0.352 e. The van der Waals surface area contributed by atoms with Gasteiger partial charge in [0.15, 0.2) is 0 Å². The van der Waals surface area contributed by atoms with Gasteiger partial charge in [0, 0.05) is 19.0 Å². The molecule has 1 aromatic rings. The van der Waals surface area contributed by atoms with E-state index in [4.69, 9.17) is 0 Å². The molecule has 0 spiro atoms. The van der Waals surface area contributed by atoms with Crippen LogP contribution in [0.5, 0.6) is 0 Å². The number of carbonyl (C=O) groups is 1. The molecule has 104 valence electrons. The average Bonchev–Trinajstić information content (AvgIpc) is 2.99. The van der Waals surface area contributed by atoms with Crippen molar-refractivity contribution in [2.45, 2.75) is 51.7 Å². The maximum atomic E-state index is 12.3. The molecule has 5 heteroatoms. The summed E-state index contributed by atoms with van der Waals surface area (Å²) in [5.74, 6) is 1.41. The number of nitrogens with zero attached hydrogens (tertiary/aromatic N) is 1. The fraction of sp³-hybridized carbons (Fsp3) is 0.714. The van der Waals surface area contributed by atoms with Gasteiger partial charge >= 0.3 is 0 Å². The summed E-state index contributed by atoms with van der Waals surface area (Å²) < 4.78 is 0. The molecule has 5 nitrogen and oxygen atoms in total. The number of amides is 1. The molecule has 3 N–H and O–H groups in total. The first-order valence-corrected chi connectivity index (χ1v) is 7.20. The number of imidazole rings is 1. The maximum absolute atomic E-state index is 12.3. The van der Waals surface area contributed by atoms with Crippen molar-refractivity contribution in [1.29, 1.82) is 0 Å². The highest BCUT2D eigenvalue weighted by Gasteiger charge is 2.33. The van der Waals surface area contributed by atoms with Crippen LogP contribution in [-0.2, 0) is 17.8 Å². The van der Waals surface area contributed by atoms with Gasteiger partial charge in [0.05, 0.1) is 23.8 Å². The van der Waals surface area contributed by atoms with Crippen LogP contribution in [0.4, 0.5) is 0 Å². The smallest absolute Gasteiger partial charge is 0.237 e. The summed E-state index contributed by atoms with van der Waals surface area (Å²) in [6, 6.07) is 0.198. The molecule has 1 aromatic heterocycles. The van der Waals surface area contributed by atoms with Gasteiger partial charge in [-0.15, -0.1) is 0 Å². The third kappa shape index (κ3) is 2.39. The van der Waals surface area contributed by atoms with Crippen LogP contribution in [0.15, 0.2) is 6.33 Å². The fourth-order valence-electron chi connectivity index (χ4n) is 3.21. The van der Waals surface area contributed by atoms with Crippen LogP contribution in [0.1, 0.15) is 38.1 Å². The van der Waals surface area contributed by atoms with E-state index in [9.17, 15) is 4.79 Å². The number of fused-ring (bicyclic) bond motifs is 1. The van der Waals surface area contributed by atoms with Crippen LogP contribution in [0, 0.1) is 11.8 Å². The van der Waals surface area contributed by atoms with E-state index in [0.717, 1.165) is 17.8 Å². The van der Waals surface area contributed by atoms with Crippen molar-refractivity contribution < 1.29 is 4.79 Å². The second-order valence-electron chi connectivity index (χ2n) is 5.99. The molecule has 1 amide bonds. The monoisotopic (exact) mass is 262 g/mol. The topological polar surface area (TPSA) is 69.8 Å². The molecule has 0 aromatic carbocycles. The van der Waals surface area contributed by atoms with E-state index in [-0.39, 0.29) is 11.9 Å². The van der Waals surface area contributed by atoms with E-state index in [0.29, 0.717) is 30.8 Å². The number of rotatable bonds is 2. The number of nitrogens with one attached hydrogen (secondary N) is 3. The Morgan fingerprint density at radius 2 is 2.26 bits per heavy atom. The van der Waals surface area contributed by atoms with Gasteiger partial charge in [0.2, 0.25) is 5.91 Å². The fourth-order valence-corrected chi connectivity index (χ4v) is 3.21. The normalized spacial score (nSPS) is 34.0. The van der Waals surface area contributed by atoms with Gasteiger partial charge in [-0.1, -0.05) is 13.8 Å². The van der Waals surface area contributed by atoms with Crippen LogP contribution in [0.2, 0.25) is 0 Å². The Morgan fingerprint density at radius 3 is 3.00 bits per heavy atom. The first-order chi connectivity index (χ1) is 9.15. The van der Waals surface area contributed by atoms with Crippen molar-refractivity contribution in [3.05, 3.63) is 17.7 Å². The lowest BCUT2D eigenvalue weighted by Gasteiger charge is -2.26. The Bertz CT molecular complexity index is 470. The number of carbonyl (C=O) groups excluding carboxylic acids is 1. The predicted molar refractivity (Wildman–Crippen MR) is 72.4 cm³/mol. The number of hydrogen-bond donors (Lipinski definition) is 3. The SMILES string of the molecule is CC1CCC(NC(=O)C2Cc3nc[nH]c3CN2)C1C. The molecule has 1 aliphatic carbocycles. The molecule has 2 heterocycles. The summed E-state index contributed by atoms with van der Waals surface area (Å²) in [4.78, 5) is 19.7. The summed E-state index contributed by atoms with van der Waals surface area (Å²) in [7, 11) is 0. The predicted octanol–water partition coefficient (Wildman–Crippen LogP) is 0.975. The lowest BCUT2D eigenvalue weighted by molar-refractivity contribution is -0.124. The summed E-state index contributed by atoms with van der Waals surface area (Å²) >= 11 is 0. The molecule has 4 atom stereocenters. The molecule has 2 aliphatic rings. The third-order valence-electron chi connectivity index (χ3n) is 4.84. The second-order valence-corrected chi connectivity index (χ2v) is 5.99. The van der Waals surface area contributed by atoms with Gasteiger partial charge in [-0.05, 0) is 24.7 Å². The van der Waals surface area contributed by atoms with E-state index in [2.05, 4.69) is 34.4 Å². The molecule has 19 heavy (non-hydrogen) atoms. The molecule has 1 saturated carbocycles. The lowest BCUT2D eigenvalue weighted by atomic mass is 9.97. The van der Waals surface area contributed by atoms with Crippen molar-refractivity contribution in [3.8, 4) is 0 Å². The van der Waals surface area contributed by atoms with Gasteiger partial charge in [-0.2, -0.15) is 0 Å². The van der Waals surface area contributed by atoms with Crippen LogP contribution in [0.25, 0.3) is 0 Å². The van der Waals surface area contributed by atoms with E-state index in [1.54, 1.807) is 6.33 Å². The standard InChI is InChI=1S/C14H22N4O/c1-8-3-4-10(9(8)2)18-14(19)12-5-11-13(6-15-12)17-7-16-11/h7-10,12,15H,3-6H2,1-2H3,(H,16,17)(H,18,19). The summed E-state index contributed by atoms with van der Waals surface area (Å²) in [6.07, 6.45) is 4.71. The molecular formula is C14H22N4O. The molecule has 0 saturated heterocycles. The Hall–Kier alpha value is -1.36. The van der Waals surface area contributed by atoms with Crippen molar-refractivity contribution in [3.63, 3.8) is 0 Å². The van der Waals surface area contributed by atoms with Gasteiger partial charge in [0.1, 0.15) is 0 Å². The number of hydrogen-bond acceptors (Lipinski definition) is 3. The van der Waals surface area contributed by atoms with Gasteiger partial charge in [-0.3, -0.25) is 10.1 Å². The van der Waals surface area contributed by atoms with Gasteiger partial charge in [-0.25, -0.2) is 4.98 Å². The van der Waals surface area contributed by atoms with E-state index < -0.39 is 0 Å². The van der Waals surface area contributed by atoms with Crippen LogP contribution < -0.4 is 10.6 Å². The number of H-pyrrole nitrogens is 1. The molecule has 0 radical (unpaired) electrons. The molecule has 4 unspecified atom stereocenters. The quantitative estimate of drug-likeness (QED) is 0.744. The van der Waals surface area contributed by atoms with E-state index in [1.807, 2.05) is 0 Å². The van der Waals surface area contributed by atoms with Gasteiger partial charge in [0.25, 0.3) is 0 Å². The molecular weight excluding hydrogens is 240 g/mol. The van der Waals surface area contributed by atoms with Crippen LogP contribution >= 0.6 is 0 Å². The summed E-state index contributed by atoms with van der Waals surface area (Å²) in [5, 5.41) is 6.49. The molecule has 1 aliphatic heterocycles. The Kier molecular flexibility index (Phi) is 3.31. The number of aromatic nitrogens is 2. The van der Waals surface area contributed by atoms with Crippen molar-refractivity contribution >= 4 is 5.91 Å². The van der Waals surface area contributed by atoms with Crippen molar-refractivity contribution in [2.75, 3.05) is 0 Å². The van der Waals surface area contributed by atoms with Crippen LogP contribution in [-0.4, -0.2) is 28.0 Å². The highest BCUT2D eigenvalue weighted by atomic mass is 16.2. The maximum Gasteiger partial charge on any atom is 0.237 e. The van der Waals surface area contributed by atoms with Crippen molar-refractivity contribution in [1.82, 2.24) is 20.6 Å².